The number of Topliss-reactive ketones (excluding diaryl/α,β-unsaturated/α-hetero) is 1. The molecule has 2 rings (SSSR count). The van der Waals surface area contributed by atoms with E-state index in [9.17, 15) is 9.18 Å². The van der Waals surface area contributed by atoms with Gasteiger partial charge in [0.1, 0.15) is 17.3 Å². The Balaban J connectivity index is 2.06. The molecule has 2 aromatic rings. The van der Waals surface area contributed by atoms with Crippen molar-refractivity contribution in [1.29, 1.82) is 0 Å². The molecule has 4 nitrogen and oxygen atoms in total. The number of ketones is 1. The molecular weight excluding hydrogens is 261 g/mol. The Hall–Kier alpha value is -2.14. The Labute approximate surface area is 116 Å². The highest BCUT2D eigenvalue weighted by Gasteiger charge is 2.16. The second kappa shape index (κ2) is 6.34. The van der Waals surface area contributed by atoms with E-state index in [2.05, 4.69) is 0 Å². The fourth-order valence-electron chi connectivity index (χ4n) is 1.95. The smallest absolute Gasteiger partial charge is 0.180 e. The largest absolute Gasteiger partial charge is 0.496 e. The maximum atomic E-state index is 13.3. The summed E-state index contributed by atoms with van der Waals surface area (Å²) in [4.78, 5) is 14.0. The van der Waals surface area contributed by atoms with Crippen molar-refractivity contribution in [3.05, 3.63) is 53.7 Å². The molecule has 0 fully saturated rings. The zero-order chi connectivity index (χ0) is 14.5. The van der Waals surface area contributed by atoms with Crippen molar-refractivity contribution in [2.24, 2.45) is 0 Å². The maximum Gasteiger partial charge on any atom is 0.180 e. The number of ether oxygens (including phenoxy) is 1. The Morgan fingerprint density at radius 2 is 2.20 bits per heavy atom. The average Bonchev–Trinajstić information content (AvgIpc) is 2.91. The maximum absolute atomic E-state index is 13.3. The van der Waals surface area contributed by atoms with E-state index < -0.39 is 5.82 Å². The molecule has 1 aromatic heterocycles. The summed E-state index contributed by atoms with van der Waals surface area (Å²) in [5.74, 6) is 0.493. The molecule has 0 bridgehead atoms. The van der Waals surface area contributed by atoms with Crippen LogP contribution in [0.2, 0.25) is 0 Å². The van der Waals surface area contributed by atoms with Crippen LogP contribution in [0, 0.1) is 5.82 Å². The Morgan fingerprint density at radius 1 is 1.40 bits per heavy atom. The summed E-state index contributed by atoms with van der Waals surface area (Å²) in [7, 11) is 3.25. The van der Waals surface area contributed by atoms with Crippen LogP contribution >= 0.6 is 0 Å². The van der Waals surface area contributed by atoms with Crippen LogP contribution in [-0.4, -0.2) is 31.4 Å². The van der Waals surface area contributed by atoms with E-state index in [1.54, 1.807) is 24.3 Å². The van der Waals surface area contributed by atoms with Gasteiger partial charge in [0.2, 0.25) is 0 Å². The molecule has 20 heavy (non-hydrogen) atoms. The number of hydrogen-bond donors (Lipinski definition) is 0. The van der Waals surface area contributed by atoms with Crippen LogP contribution in [0.1, 0.15) is 16.1 Å². The third-order valence-electron chi connectivity index (χ3n) is 2.88. The molecule has 0 N–H and O–H groups in total. The molecule has 0 aliphatic heterocycles. The van der Waals surface area contributed by atoms with Gasteiger partial charge in [-0.05, 0) is 37.4 Å². The molecule has 0 spiro atoms. The van der Waals surface area contributed by atoms with Gasteiger partial charge in [0.05, 0.1) is 32.0 Å². The Morgan fingerprint density at radius 3 is 2.85 bits per heavy atom. The summed E-state index contributed by atoms with van der Waals surface area (Å²) >= 11 is 0. The molecule has 0 atom stereocenters. The molecular formula is C15H16FNO3. The quantitative estimate of drug-likeness (QED) is 0.761. The van der Waals surface area contributed by atoms with Gasteiger partial charge in [0.25, 0.3) is 0 Å². The van der Waals surface area contributed by atoms with Gasteiger partial charge in [-0.1, -0.05) is 0 Å². The number of rotatable bonds is 6. The lowest BCUT2D eigenvalue weighted by Crippen LogP contribution is -2.25. The summed E-state index contributed by atoms with van der Waals surface area (Å²) in [5, 5.41) is 0. The number of nitrogens with zero attached hydrogens (tertiary/aromatic N) is 1. The molecule has 0 aliphatic carbocycles. The van der Waals surface area contributed by atoms with Gasteiger partial charge in [-0.15, -0.1) is 0 Å². The van der Waals surface area contributed by atoms with Gasteiger partial charge in [0, 0.05) is 0 Å². The summed E-state index contributed by atoms with van der Waals surface area (Å²) in [5.41, 5.74) is 0.249. The fraction of sp³-hybridized carbons (Fsp3) is 0.267. The van der Waals surface area contributed by atoms with Crippen LogP contribution in [0.5, 0.6) is 5.75 Å². The van der Waals surface area contributed by atoms with E-state index in [0.29, 0.717) is 12.3 Å². The van der Waals surface area contributed by atoms with Crippen LogP contribution in [0.15, 0.2) is 41.0 Å². The molecule has 0 aliphatic rings. The normalized spacial score (nSPS) is 10.8. The third-order valence-corrected chi connectivity index (χ3v) is 2.88. The van der Waals surface area contributed by atoms with Gasteiger partial charge in [-0.25, -0.2) is 4.39 Å². The average molecular weight is 277 g/mol. The molecule has 5 heteroatoms. The lowest BCUT2D eigenvalue weighted by molar-refractivity contribution is 0.0936. The van der Waals surface area contributed by atoms with E-state index in [1.165, 1.54) is 25.3 Å². The van der Waals surface area contributed by atoms with Crippen molar-refractivity contribution in [3.8, 4) is 5.75 Å². The van der Waals surface area contributed by atoms with Crippen molar-refractivity contribution >= 4 is 5.78 Å². The minimum atomic E-state index is -0.456. The summed E-state index contributed by atoms with van der Waals surface area (Å²) in [6.07, 6.45) is 1.58. The second-order valence-corrected chi connectivity index (χ2v) is 4.52. The van der Waals surface area contributed by atoms with Crippen LogP contribution < -0.4 is 4.74 Å². The predicted octanol–water partition coefficient (Wildman–Crippen LogP) is 2.74. The summed E-state index contributed by atoms with van der Waals surface area (Å²) in [6, 6.07) is 7.55. The number of furan rings is 1. The number of methoxy groups -OCH3 is 1. The standard InChI is InChI=1S/C15H16FNO3/c1-17(9-12-4-3-7-20-12)10-14(18)13-8-11(16)5-6-15(13)19-2/h3-8H,9-10H2,1-2H3. The second-order valence-electron chi connectivity index (χ2n) is 4.52. The van der Waals surface area contributed by atoms with Crippen molar-refractivity contribution < 1.29 is 18.3 Å². The SMILES string of the molecule is COc1ccc(F)cc1C(=O)CN(C)Cc1ccco1. The van der Waals surface area contributed by atoms with E-state index >= 15 is 0 Å². The van der Waals surface area contributed by atoms with E-state index in [0.717, 1.165) is 5.76 Å². The first-order valence-corrected chi connectivity index (χ1v) is 6.18. The number of benzene rings is 1. The molecule has 1 aromatic carbocycles. The summed E-state index contributed by atoms with van der Waals surface area (Å²) in [6.45, 7) is 0.664. The zero-order valence-electron chi connectivity index (χ0n) is 11.4. The highest BCUT2D eigenvalue weighted by molar-refractivity contribution is 6.00. The third kappa shape index (κ3) is 3.45. The fourth-order valence-corrected chi connectivity index (χ4v) is 1.95. The molecule has 0 unspecified atom stereocenters. The number of halogens is 1. The van der Waals surface area contributed by atoms with Crippen molar-refractivity contribution in [1.82, 2.24) is 4.90 Å². The van der Waals surface area contributed by atoms with Crippen LogP contribution in [0.4, 0.5) is 4.39 Å². The van der Waals surface area contributed by atoms with Gasteiger partial charge in [0.15, 0.2) is 5.78 Å². The highest BCUT2D eigenvalue weighted by Crippen LogP contribution is 2.20. The van der Waals surface area contributed by atoms with E-state index in [-0.39, 0.29) is 17.9 Å². The number of hydrogen-bond acceptors (Lipinski definition) is 4. The van der Waals surface area contributed by atoms with Crippen molar-refractivity contribution in [2.45, 2.75) is 6.54 Å². The molecule has 0 amide bonds. The number of likely N-dealkylation sites (N-methyl/N-ethyl adjacent to an activating group) is 1. The van der Waals surface area contributed by atoms with Gasteiger partial charge < -0.3 is 9.15 Å². The van der Waals surface area contributed by atoms with Crippen LogP contribution in [0.3, 0.4) is 0 Å². The monoisotopic (exact) mass is 277 g/mol. The summed E-state index contributed by atoms with van der Waals surface area (Å²) < 4.78 is 23.6. The van der Waals surface area contributed by atoms with Gasteiger partial charge in [-0.2, -0.15) is 0 Å². The van der Waals surface area contributed by atoms with E-state index in [1.807, 2.05) is 6.07 Å². The first-order valence-electron chi connectivity index (χ1n) is 6.18. The molecule has 106 valence electrons. The van der Waals surface area contributed by atoms with Gasteiger partial charge >= 0.3 is 0 Å². The minimum absolute atomic E-state index is 0.153. The molecule has 0 saturated carbocycles. The van der Waals surface area contributed by atoms with Crippen molar-refractivity contribution in [2.75, 3.05) is 20.7 Å². The van der Waals surface area contributed by atoms with E-state index in [4.69, 9.17) is 9.15 Å². The Bertz CT molecular complexity index is 581. The van der Waals surface area contributed by atoms with Crippen LogP contribution in [0.25, 0.3) is 0 Å². The lowest BCUT2D eigenvalue weighted by Gasteiger charge is -2.15. The first kappa shape index (κ1) is 14.3. The lowest BCUT2D eigenvalue weighted by atomic mass is 10.1. The molecule has 0 radical (unpaired) electrons. The highest BCUT2D eigenvalue weighted by atomic mass is 19.1. The number of carbonyl (C=O) groups is 1. The van der Waals surface area contributed by atoms with Crippen LogP contribution in [-0.2, 0) is 6.54 Å². The van der Waals surface area contributed by atoms with Crippen molar-refractivity contribution in [3.63, 3.8) is 0 Å². The first-order chi connectivity index (χ1) is 9.60. The Kier molecular flexibility index (Phi) is 4.53. The zero-order valence-corrected chi connectivity index (χ0v) is 11.4. The van der Waals surface area contributed by atoms with Gasteiger partial charge in [-0.3, -0.25) is 9.69 Å². The molecule has 0 saturated heterocycles. The topological polar surface area (TPSA) is 42.7 Å². The minimum Gasteiger partial charge on any atom is -0.496 e. The predicted molar refractivity (Wildman–Crippen MR) is 72.3 cm³/mol. The molecule has 1 heterocycles. The number of carbonyl (C=O) groups excluding carboxylic acids is 1.